The molecule has 6 nitrogen and oxygen atoms in total. The second kappa shape index (κ2) is 6.17. The topological polar surface area (TPSA) is 76.9 Å². The molecular formula is C14H9ClF2N4O2S. The Hall–Kier alpha value is -2.52. The number of aromatic nitrogens is 3. The highest BCUT2D eigenvalue weighted by Gasteiger charge is 2.21. The van der Waals surface area contributed by atoms with E-state index in [1.807, 2.05) is 0 Å². The Bertz CT molecular complexity index is 994. The van der Waals surface area contributed by atoms with Crippen molar-refractivity contribution in [3.05, 3.63) is 65.7 Å². The maximum absolute atomic E-state index is 13.8. The minimum atomic E-state index is -4.30. The van der Waals surface area contributed by atoms with Gasteiger partial charge in [0.1, 0.15) is 29.2 Å². The van der Waals surface area contributed by atoms with Crippen molar-refractivity contribution in [1.29, 1.82) is 0 Å². The van der Waals surface area contributed by atoms with Crippen molar-refractivity contribution in [2.75, 3.05) is 4.72 Å². The number of nitrogens with one attached hydrogen (secondary N) is 1. The first-order valence-corrected chi connectivity index (χ1v) is 8.35. The molecule has 0 spiro atoms. The van der Waals surface area contributed by atoms with E-state index in [9.17, 15) is 17.2 Å². The van der Waals surface area contributed by atoms with Gasteiger partial charge < -0.3 is 0 Å². The second-order valence-electron chi connectivity index (χ2n) is 4.68. The minimum Gasteiger partial charge on any atom is -0.277 e. The summed E-state index contributed by atoms with van der Waals surface area (Å²) < 4.78 is 55.1. The van der Waals surface area contributed by atoms with Gasteiger partial charge in [-0.3, -0.25) is 4.72 Å². The third-order valence-corrected chi connectivity index (χ3v) is 4.69. The van der Waals surface area contributed by atoms with Crippen LogP contribution in [0.5, 0.6) is 0 Å². The van der Waals surface area contributed by atoms with Gasteiger partial charge in [0, 0.05) is 11.1 Å². The summed E-state index contributed by atoms with van der Waals surface area (Å²) in [6.07, 6.45) is 2.63. The van der Waals surface area contributed by atoms with Crippen LogP contribution in [-0.4, -0.2) is 23.2 Å². The third kappa shape index (κ3) is 3.22. The van der Waals surface area contributed by atoms with Crippen LogP contribution in [0.3, 0.4) is 0 Å². The van der Waals surface area contributed by atoms with Crippen molar-refractivity contribution in [2.45, 2.75) is 4.90 Å². The number of rotatable bonds is 4. The first-order valence-electron chi connectivity index (χ1n) is 6.49. The van der Waals surface area contributed by atoms with E-state index in [0.717, 1.165) is 12.1 Å². The van der Waals surface area contributed by atoms with E-state index in [1.54, 1.807) is 0 Å². The lowest BCUT2D eigenvalue weighted by atomic mass is 10.3. The van der Waals surface area contributed by atoms with Crippen molar-refractivity contribution in [1.82, 2.24) is 14.8 Å². The molecule has 0 fully saturated rings. The van der Waals surface area contributed by atoms with E-state index in [2.05, 4.69) is 14.8 Å². The molecule has 0 atom stereocenters. The zero-order valence-electron chi connectivity index (χ0n) is 11.8. The fourth-order valence-corrected chi connectivity index (χ4v) is 3.31. The largest absolute Gasteiger partial charge is 0.277 e. The standard InChI is InChI=1S/C14H9ClF2N4O2S/c15-9-1-3-13(21-8-18-7-19-21)12(5-9)20-24(22,23)14-4-2-10(16)6-11(14)17/h1-8,20H. The summed E-state index contributed by atoms with van der Waals surface area (Å²) in [5.41, 5.74) is 0.403. The van der Waals surface area contributed by atoms with Crippen molar-refractivity contribution in [3.8, 4) is 5.69 Å². The Morgan fingerprint density at radius 3 is 2.58 bits per heavy atom. The lowest BCUT2D eigenvalue weighted by Crippen LogP contribution is -2.16. The van der Waals surface area contributed by atoms with Gasteiger partial charge in [-0.05, 0) is 30.3 Å². The van der Waals surface area contributed by atoms with Gasteiger partial charge in [-0.25, -0.2) is 26.9 Å². The van der Waals surface area contributed by atoms with Crippen LogP contribution >= 0.6 is 11.6 Å². The maximum atomic E-state index is 13.8. The summed E-state index contributed by atoms with van der Waals surface area (Å²) in [6.45, 7) is 0. The molecule has 0 aliphatic carbocycles. The van der Waals surface area contributed by atoms with Crippen LogP contribution < -0.4 is 4.72 Å². The molecule has 0 amide bonds. The fourth-order valence-electron chi connectivity index (χ4n) is 2.02. The Kier molecular flexibility index (Phi) is 4.20. The minimum absolute atomic E-state index is 0.0664. The van der Waals surface area contributed by atoms with Crippen molar-refractivity contribution >= 4 is 27.3 Å². The monoisotopic (exact) mass is 370 g/mol. The molecule has 1 heterocycles. The van der Waals surface area contributed by atoms with Gasteiger partial charge in [0.2, 0.25) is 0 Å². The molecule has 0 radical (unpaired) electrons. The number of halogens is 3. The van der Waals surface area contributed by atoms with Crippen molar-refractivity contribution in [3.63, 3.8) is 0 Å². The van der Waals surface area contributed by atoms with E-state index >= 15 is 0 Å². The van der Waals surface area contributed by atoms with Gasteiger partial charge >= 0.3 is 0 Å². The number of anilines is 1. The molecule has 0 unspecified atom stereocenters. The van der Waals surface area contributed by atoms with Crippen LogP contribution in [0.25, 0.3) is 5.69 Å². The SMILES string of the molecule is O=S(=O)(Nc1cc(Cl)ccc1-n1cncn1)c1ccc(F)cc1F. The quantitative estimate of drug-likeness (QED) is 0.766. The molecule has 3 aromatic rings. The number of hydrogen-bond donors (Lipinski definition) is 1. The molecule has 1 aromatic heterocycles. The zero-order valence-corrected chi connectivity index (χ0v) is 13.4. The first-order chi connectivity index (χ1) is 11.4. The Labute approximate surface area is 140 Å². The highest BCUT2D eigenvalue weighted by atomic mass is 35.5. The van der Waals surface area contributed by atoms with Gasteiger partial charge in [0.25, 0.3) is 10.0 Å². The van der Waals surface area contributed by atoms with Crippen molar-refractivity contribution < 1.29 is 17.2 Å². The molecule has 0 bridgehead atoms. The summed E-state index contributed by atoms with van der Waals surface area (Å²) in [7, 11) is -4.30. The lowest BCUT2D eigenvalue weighted by molar-refractivity contribution is 0.551. The maximum Gasteiger partial charge on any atom is 0.264 e. The second-order valence-corrected chi connectivity index (χ2v) is 6.77. The highest BCUT2D eigenvalue weighted by Crippen LogP contribution is 2.27. The van der Waals surface area contributed by atoms with E-state index in [0.29, 0.717) is 11.8 Å². The summed E-state index contributed by atoms with van der Waals surface area (Å²) in [5, 5.41) is 4.17. The van der Waals surface area contributed by atoms with Crippen LogP contribution in [0, 0.1) is 11.6 Å². The molecule has 1 N–H and O–H groups in total. The van der Waals surface area contributed by atoms with Gasteiger partial charge in [0.05, 0.1) is 11.4 Å². The van der Waals surface area contributed by atoms with Gasteiger partial charge in [-0.2, -0.15) is 5.10 Å². The van der Waals surface area contributed by atoms with Crippen molar-refractivity contribution in [2.24, 2.45) is 0 Å². The van der Waals surface area contributed by atoms with Crippen LogP contribution in [-0.2, 0) is 10.0 Å². The van der Waals surface area contributed by atoms with Gasteiger partial charge in [0.15, 0.2) is 0 Å². The third-order valence-electron chi connectivity index (χ3n) is 3.05. The Morgan fingerprint density at radius 2 is 1.92 bits per heavy atom. The smallest absolute Gasteiger partial charge is 0.264 e. The molecule has 0 saturated carbocycles. The molecule has 3 rings (SSSR count). The average molecular weight is 371 g/mol. The predicted octanol–water partition coefficient (Wildman–Crippen LogP) is 3.00. The normalized spacial score (nSPS) is 11.5. The molecule has 2 aromatic carbocycles. The van der Waals surface area contributed by atoms with Crippen LogP contribution in [0.15, 0.2) is 53.9 Å². The Balaban J connectivity index is 2.06. The molecule has 0 aliphatic heterocycles. The summed E-state index contributed by atoms with van der Waals surface area (Å²) in [5.74, 6) is -2.08. The molecule has 24 heavy (non-hydrogen) atoms. The summed E-state index contributed by atoms with van der Waals surface area (Å²) in [4.78, 5) is 3.09. The van der Waals surface area contributed by atoms with Gasteiger partial charge in [-0.1, -0.05) is 11.6 Å². The summed E-state index contributed by atoms with van der Waals surface area (Å²) >= 11 is 5.90. The average Bonchev–Trinajstić information content (AvgIpc) is 3.00. The van der Waals surface area contributed by atoms with Crippen LogP contribution in [0.1, 0.15) is 0 Å². The fraction of sp³-hybridized carbons (Fsp3) is 0. The Morgan fingerprint density at radius 1 is 1.12 bits per heavy atom. The van der Waals surface area contributed by atoms with E-state index in [4.69, 9.17) is 11.6 Å². The van der Waals surface area contributed by atoms with E-state index in [-0.39, 0.29) is 10.7 Å². The lowest BCUT2D eigenvalue weighted by Gasteiger charge is -2.13. The number of sulfonamides is 1. The first kappa shape index (κ1) is 16.3. The number of benzene rings is 2. The predicted molar refractivity (Wildman–Crippen MR) is 83.5 cm³/mol. The highest BCUT2D eigenvalue weighted by molar-refractivity contribution is 7.92. The molecular weight excluding hydrogens is 362 g/mol. The van der Waals surface area contributed by atoms with E-state index in [1.165, 1.54) is 35.5 Å². The molecule has 0 aliphatic rings. The number of nitrogens with zero attached hydrogens (tertiary/aromatic N) is 3. The molecule has 124 valence electrons. The molecule has 0 saturated heterocycles. The molecule has 10 heteroatoms. The van der Waals surface area contributed by atoms with Crippen LogP contribution in [0.2, 0.25) is 5.02 Å². The number of hydrogen-bond acceptors (Lipinski definition) is 4. The zero-order chi connectivity index (χ0) is 17.3. The van der Waals surface area contributed by atoms with Crippen LogP contribution in [0.4, 0.5) is 14.5 Å². The van der Waals surface area contributed by atoms with E-state index < -0.39 is 26.6 Å². The summed E-state index contributed by atoms with van der Waals surface area (Å²) in [6, 6.07) is 6.59. The van der Waals surface area contributed by atoms with Gasteiger partial charge in [-0.15, -0.1) is 0 Å².